The summed E-state index contributed by atoms with van der Waals surface area (Å²) in [6, 6.07) is 8.80. The van der Waals surface area contributed by atoms with E-state index in [1.54, 1.807) is 29.8 Å². The summed E-state index contributed by atoms with van der Waals surface area (Å²) in [7, 11) is 0. The summed E-state index contributed by atoms with van der Waals surface area (Å²) in [5.41, 5.74) is 10.8. The number of amides is 1. The van der Waals surface area contributed by atoms with Crippen LogP contribution in [-0.4, -0.2) is 10.9 Å². The van der Waals surface area contributed by atoms with Crippen molar-refractivity contribution in [1.29, 1.82) is 0 Å². The molecule has 0 fully saturated rings. The number of hydrogen-bond donors (Lipinski definition) is 2. The lowest BCUT2D eigenvalue weighted by Gasteiger charge is -2.09. The molecule has 6 heteroatoms. The normalized spacial score (nSPS) is 10.8. The van der Waals surface area contributed by atoms with Crippen LogP contribution in [0.2, 0.25) is 5.02 Å². The standard InChI is InChI=1S/C15H12ClN3OS/c1-8-6-9(2-4-11(8)17)15(20)19-13-10(16)3-5-12-14(13)18-7-21-12/h2-7H,17H2,1H3,(H,19,20). The van der Waals surface area contributed by atoms with E-state index in [1.165, 1.54) is 11.3 Å². The predicted molar refractivity (Wildman–Crippen MR) is 88.2 cm³/mol. The first-order valence-corrected chi connectivity index (χ1v) is 7.51. The minimum atomic E-state index is -0.236. The van der Waals surface area contributed by atoms with Crippen LogP contribution in [0.4, 0.5) is 11.4 Å². The van der Waals surface area contributed by atoms with Crippen molar-refractivity contribution in [2.45, 2.75) is 6.92 Å². The van der Waals surface area contributed by atoms with Gasteiger partial charge >= 0.3 is 0 Å². The van der Waals surface area contributed by atoms with Crippen molar-refractivity contribution in [1.82, 2.24) is 4.98 Å². The Morgan fingerprint density at radius 2 is 2.14 bits per heavy atom. The Morgan fingerprint density at radius 3 is 2.90 bits per heavy atom. The third-order valence-corrected chi connectivity index (χ3v) is 4.33. The lowest BCUT2D eigenvalue weighted by Crippen LogP contribution is -2.13. The van der Waals surface area contributed by atoms with E-state index in [9.17, 15) is 4.79 Å². The maximum Gasteiger partial charge on any atom is 0.255 e. The fourth-order valence-electron chi connectivity index (χ4n) is 2.03. The summed E-state index contributed by atoms with van der Waals surface area (Å²) >= 11 is 7.68. The molecule has 4 nitrogen and oxygen atoms in total. The van der Waals surface area contributed by atoms with Crippen LogP contribution in [0.1, 0.15) is 15.9 Å². The van der Waals surface area contributed by atoms with E-state index in [1.807, 2.05) is 13.0 Å². The Hall–Kier alpha value is -2.11. The monoisotopic (exact) mass is 317 g/mol. The van der Waals surface area contributed by atoms with Gasteiger partial charge in [0.15, 0.2) is 0 Å². The molecule has 0 saturated heterocycles. The zero-order valence-electron chi connectivity index (χ0n) is 11.2. The van der Waals surface area contributed by atoms with Gasteiger partial charge in [-0.15, -0.1) is 11.3 Å². The summed E-state index contributed by atoms with van der Waals surface area (Å²) < 4.78 is 0.975. The average molecular weight is 318 g/mol. The van der Waals surface area contributed by atoms with Gasteiger partial charge in [-0.25, -0.2) is 4.98 Å². The molecule has 1 heterocycles. The second kappa shape index (κ2) is 5.35. The van der Waals surface area contributed by atoms with E-state index in [0.29, 0.717) is 27.5 Å². The van der Waals surface area contributed by atoms with E-state index in [2.05, 4.69) is 10.3 Å². The Balaban J connectivity index is 1.98. The van der Waals surface area contributed by atoms with Gasteiger partial charge in [0.1, 0.15) is 5.52 Å². The highest BCUT2D eigenvalue weighted by Gasteiger charge is 2.13. The van der Waals surface area contributed by atoms with Crippen LogP contribution in [0, 0.1) is 6.92 Å². The van der Waals surface area contributed by atoms with E-state index >= 15 is 0 Å². The molecule has 0 unspecified atom stereocenters. The van der Waals surface area contributed by atoms with E-state index in [0.717, 1.165) is 10.3 Å². The van der Waals surface area contributed by atoms with Gasteiger partial charge in [-0.3, -0.25) is 4.79 Å². The zero-order valence-corrected chi connectivity index (χ0v) is 12.8. The number of nitrogens with zero attached hydrogens (tertiary/aromatic N) is 1. The number of halogens is 1. The van der Waals surface area contributed by atoms with Crippen molar-refractivity contribution in [3.05, 3.63) is 52.0 Å². The van der Waals surface area contributed by atoms with Crippen LogP contribution >= 0.6 is 22.9 Å². The molecule has 0 atom stereocenters. The third-order valence-electron chi connectivity index (χ3n) is 3.22. The Labute approximate surface area is 130 Å². The molecule has 0 aliphatic heterocycles. The molecule has 0 spiro atoms. The number of benzene rings is 2. The molecule has 106 valence electrons. The van der Waals surface area contributed by atoms with E-state index in [4.69, 9.17) is 17.3 Å². The first-order chi connectivity index (χ1) is 10.1. The highest BCUT2D eigenvalue weighted by atomic mass is 35.5. The van der Waals surface area contributed by atoms with Gasteiger partial charge in [0, 0.05) is 11.3 Å². The second-order valence-electron chi connectivity index (χ2n) is 4.65. The lowest BCUT2D eigenvalue weighted by molar-refractivity contribution is 0.102. The van der Waals surface area contributed by atoms with Crippen LogP contribution in [-0.2, 0) is 0 Å². The van der Waals surface area contributed by atoms with Crippen LogP contribution < -0.4 is 11.1 Å². The number of anilines is 2. The number of aromatic nitrogens is 1. The van der Waals surface area contributed by atoms with Gasteiger partial charge in [-0.05, 0) is 42.8 Å². The van der Waals surface area contributed by atoms with Gasteiger partial charge in [-0.2, -0.15) is 0 Å². The molecule has 1 aromatic heterocycles. The quantitative estimate of drug-likeness (QED) is 0.699. The van der Waals surface area contributed by atoms with Gasteiger partial charge in [0.2, 0.25) is 0 Å². The number of carbonyl (C=O) groups excluding carboxylic acids is 1. The molecule has 0 aliphatic carbocycles. The van der Waals surface area contributed by atoms with Gasteiger partial charge in [0.05, 0.1) is 20.9 Å². The molecule has 2 aromatic carbocycles. The Kier molecular flexibility index (Phi) is 3.53. The summed E-state index contributed by atoms with van der Waals surface area (Å²) in [6.07, 6.45) is 0. The first kappa shape index (κ1) is 13.9. The van der Waals surface area contributed by atoms with E-state index in [-0.39, 0.29) is 5.91 Å². The summed E-state index contributed by atoms with van der Waals surface area (Å²) in [6.45, 7) is 1.86. The highest BCUT2D eigenvalue weighted by Crippen LogP contribution is 2.32. The Morgan fingerprint density at radius 1 is 1.33 bits per heavy atom. The number of nitrogens with one attached hydrogen (secondary N) is 1. The molecular formula is C15H12ClN3OS. The van der Waals surface area contributed by atoms with Gasteiger partial charge in [0.25, 0.3) is 5.91 Å². The molecule has 0 bridgehead atoms. The minimum absolute atomic E-state index is 0.236. The number of rotatable bonds is 2. The molecule has 21 heavy (non-hydrogen) atoms. The van der Waals surface area contributed by atoms with Gasteiger partial charge < -0.3 is 11.1 Å². The fraction of sp³-hybridized carbons (Fsp3) is 0.0667. The smallest absolute Gasteiger partial charge is 0.255 e. The zero-order chi connectivity index (χ0) is 15.0. The topological polar surface area (TPSA) is 68.0 Å². The molecule has 0 saturated carbocycles. The van der Waals surface area contributed by atoms with Gasteiger partial charge in [-0.1, -0.05) is 11.6 Å². The largest absolute Gasteiger partial charge is 0.399 e. The number of hydrogen-bond acceptors (Lipinski definition) is 4. The fourth-order valence-corrected chi connectivity index (χ4v) is 2.91. The molecule has 0 radical (unpaired) electrons. The summed E-state index contributed by atoms with van der Waals surface area (Å²) in [4.78, 5) is 16.6. The summed E-state index contributed by atoms with van der Waals surface area (Å²) in [5.74, 6) is -0.236. The van der Waals surface area contributed by atoms with Crippen LogP contribution in [0.3, 0.4) is 0 Å². The number of nitrogen functional groups attached to an aromatic ring is 1. The van der Waals surface area contributed by atoms with Crippen molar-refractivity contribution >= 4 is 50.4 Å². The average Bonchev–Trinajstić information content (AvgIpc) is 2.93. The molecule has 3 rings (SSSR count). The SMILES string of the molecule is Cc1cc(C(=O)Nc2c(Cl)ccc3scnc23)ccc1N. The Bertz CT molecular complexity index is 844. The summed E-state index contributed by atoms with van der Waals surface area (Å²) in [5, 5.41) is 3.30. The maximum atomic E-state index is 12.4. The second-order valence-corrected chi connectivity index (χ2v) is 5.94. The lowest BCUT2D eigenvalue weighted by atomic mass is 10.1. The van der Waals surface area contributed by atoms with Crippen LogP contribution in [0.5, 0.6) is 0 Å². The van der Waals surface area contributed by atoms with Crippen molar-refractivity contribution in [3.8, 4) is 0 Å². The molecule has 1 amide bonds. The van der Waals surface area contributed by atoms with Crippen LogP contribution in [0.15, 0.2) is 35.8 Å². The van der Waals surface area contributed by atoms with Crippen molar-refractivity contribution < 1.29 is 4.79 Å². The number of carbonyl (C=O) groups is 1. The predicted octanol–water partition coefficient (Wildman–Crippen LogP) is 4.09. The van der Waals surface area contributed by atoms with Crippen molar-refractivity contribution in [3.63, 3.8) is 0 Å². The first-order valence-electron chi connectivity index (χ1n) is 6.25. The maximum absolute atomic E-state index is 12.4. The number of aryl methyl sites for hydroxylation is 1. The number of nitrogens with two attached hydrogens (primary N) is 1. The van der Waals surface area contributed by atoms with Crippen molar-refractivity contribution in [2.75, 3.05) is 11.1 Å². The molecule has 0 aliphatic rings. The minimum Gasteiger partial charge on any atom is -0.399 e. The highest BCUT2D eigenvalue weighted by molar-refractivity contribution is 7.16. The van der Waals surface area contributed by atoms with E-state index < -0.39 is 0 Å². The van der Waals surface area contributed by atoms with Crippen molar-refractivity contribution in [2.24, 2.45) is 0 Å². The third kappa shape index (κ3) is 2.57. The number of thiazole rings is 1. The molecular weight excluding hydrogens is 306 g/mol. The van der Waals surface area contributed by atoms with Crippen LogP contribution in [0.25, 0.3) is 10.2 Å². The molecule has 3 N–H and O–H groups in total. The number of fused-ring (bicyclic) bond motifs is 1. The molecule has 3 aromatic rings.